The lowest BCUT2D eigenvalue weighted by molar-refractivity contribution is -0.116. The summed E-state index contributed by atoms with van der Waals surface area (Å²) in [4.78, 5) is 20.4. The van der Waals surface area contributed by atoms with Crippen molar-refractivity contribution in [3.63, 3.8) is 0 Å². The van der Waals surface area contributed by atoms with Gasteiger partial charge in [0.05, 0.1) is 7.11 Å². The summed E-state index contributed by atoms with van der Waals surface area (Å²) >= 11 is 0. The van der Waals surface area contributed by atoms with Crippen LogP contribution in [0.4, 0.5) is 14.5 Å². The Morgan fingerprint density at radius 3 is 2.82 bits per heavy atom. The van der Waals surface area contributed by atoms with Gasteiger partial charge in [0.1, 0.15) is 5.69 Å². The van der Waals surface area contributed by atoms with Crippen molar-refractivity contribution in [2.75, 3.05) is 12.4 Å². The monoisotopic (exact) mass is 390 g/mol. The van der Waals surface area contributed by atoms with Crippen LogP contribution >= 0.6 is 0 Å². The summed E-state index contributed by atoms with van der Waals surface area (Å²) in [6.07, 6.45) is 1.88. The molecular weight excluding hydrogens is 374 g/mol. The maximum atomic E-state index is 12.5. The molecular formula is C18H16F2N4O4. The van der Waals surface area contributed by atoms with Crippen molar-refractivity contribution in [1.82, 2.24) is 15.1 Å². The number of aryl methyl sites for hydroxylation is 1. The first-order valence-corrected chi connectivity index (χ1v) is 8.22. The number of nitrogens with zero attached hydrogens (tertiary/aromatic N) is 3. The molecule has 0 spiro atoms. The minimum absolute atomic E-state index is 0.0565. The number of amides is 1. The van der Waals surface area contributed by atoms with E-state index in [-0.39, 0.29) is 36.1 Å². The highest BCUT2D eigenvalue weighted by molar-refractivity contribution is 5.91. The van der Waals surface area contributed by atoms with Gasteiger partial charge >= 0.3 is 6.61 Å². The molecule has 2 heterocycles. The molecule has 0 aliphatic heterocycles. The molecule has 0 unspecified atom stereocenters. The number of methoxy groups -OCH3 is 1. The van der Waals surface area contributed by atoms with Crippen molar-refractivity contribution in [2.45, 2.75) is 19.5 Å². The average Bonchev–Trinajstić information content (AvgIpc) is 3.16. The molecule has 0 saturated heterocycles. The van der Waals surface area contributed by atoms with Gasteiger partial charge in [-0.2, -0.15) is 13.8 Å². The fourth-order valence-electron chi connectivity index (χ4n) is 2.34. The van der Waals surface area contributed by atoms with Gasteiger partial charge in [0.15, 0.2) is 11.5 Å². The predicted octanol–water partition coefficient (Wildman–Crippen LogP) is 3.31. The van der Waals surface area contributed by atoms with Gasteiger partial charge in [-0.1, -0.05) is 11.2 Å². The van der Waals surface area contributed by atoms with Gasteiger partial charge in [0.25, 0.3) is 0 Å². The van der Waals surface area contributed by atoms with Crippen molar-refractivity contribution in [3.05, 3.63) is 48.5 Å². The lowest BCUT2D eigenvalue weighted by Gasteiger charge is -2.12. The van der Waals surface area contributed by atoms with E-state index in [1.165, 1.54) is 25.3 Å². The number of aromatic nitrogens is 3. The number of rotatable bonds is 8. The van der Waals surface area contributed by atoms with E-state index < -0.39 is 6.61 Å². The van der Waals surface area contributed by atoms with E-state index in [4.69, 9.17) is 9.26 Å². The second kappa shape index (κ2) is 8.89. The number of benzene rings is 1. The highest BCUT2D eigenvalue weighted by Gasteiger charge is 2.14. The zero-order valence-corrected chi connectivity index (χ0v) is 14.8. The maximum Gasteiger partial charge on any atom is 0.387 e. The van der Waals surface area contributed by atoms with Crippen LogP contribution < -0.4 is 14.8 Å². The summed E-state index contributed by atoms with van der Waals surface area (Å²) in [5.41, 5.74) is 0.855. The summed E-state index contributed by atoms with van der Waals surface area (Å²) < 4.78 is 39.4. The number of ether oxygens (including phenoxy) is 2. The lowest BCUT2D eigenvalue weighted by Crippen LogP contribution is -2.13. The van der Waals surface area contributed by atoms with Crippen molar-refractivity contribution < 1.29 is 27.6 Å². The first-order chi connectivity index (χ1) is 13.5. The highest BCUT2D eigenvalue weighted by atomic mass is 19.3. The van der Waals surface area contributed by atoms with Crippen LogP contribution in [0.25, 0.3) is 11.5 Å². The Kier molecular flexibility index (Phi) is 6.10. The SMILES string of the molecule is COc1ccc(NC(=O)CCc2nc(-c3ccccn3)no2)cc1OC(F)F. The smallest absolute Gasteiger partial charge is 0.387 e. The Labute approximate surface area is 158 Å². The maximum absolute atomic E-state index is 12.5. The third-order valence-electron chi connectivity index (χ3n) is 3.59. The molecule has 2 aromatic heterocycles. The summed E-state index contributed by atoms with van der Waals surface area (Å²) in [6.45, 7) is -3.01. The lowest BCUT2D eigenvalue weighted by atomic mass is 10.2. The number of hydrogen-bond acceptors (Lipinski definition) is 7. The average molecular weight is 390 g/mol. The molecule has 146 valence electrons. The number of carbonyl (C=O) groups excluding carboxylic acids is 1. The quantitative estimate of drug-likeness (QED) is 0.630. The van der Waals surface area contributed by atoms with Crippen LogP contribution in [0, 0.1) is 0 Å². The predicted molar refractivity (Wildman–Crippen MR) is 94.1 cm³/mol. The zero-order chi connectivity index (χ0) is 19.9. The van der Waals surface area contributed by atoms with Crippen LogP contribution in [-0.4, -0.2) is 34.8 Å². The minimum Gasteiger partial charge on any atom is -0.493 e. The van der Waals surface area contributed by atoms with Crippen LogP contribution in [0.5, 0.6) is 11.5 Å². The largest absolute Gasteiger partial charge is 0.493 e. The van der Waals surface area contributed by atoms with Gasteiger partial charge in [-0.05, 0) is 24.3 Å². The van der Waals surface area contributed by atoms with E-state index in [1.807, 2.05) is 0 Å². The number of halogens is 2. The van der Waals surface area contributed by atoms with Gasteiger partial charge in [0.2, 0.25) is 17.6 Å². The van der Waals surface area contributed by atoms with Crippen LogP contribution in [-0.2, 0) is 11.2 Å². The summed E-state index contributed by atoms with van der Waals surface area (Å²) in [5, 5.41) is 6.42. The normalized spacial score (nSPS) is 10.7. The van der Waals surface area contributed by atoms with Crippen LogP contribution in [0.15, 0.2) is 47.1 Å². The summed E-state index contributed by atoms with van der Waals surface area (Å²) in [7, 11) is 1.33. The fourth-order valence-corrected chi connectivity index (χ4v) is 2.34. The van der Waals surface area contributed by atoms with E-state index in [2.05, 4.69) is 25.2 Å². The number of nitrogens with one attached hydrogen (secondary N) is 1. The minimum atomic E-state index is -3.01. The number of carbonyl (C=O) groups is 1. The Bertz CT molecular complexity index is 934. The van der Waals surface area contributed by atoms with Gasteiger partial charge in [-0.3, -0.25) is 9.78 Å². The molecule has 3 rings (SSSR count). The van der Waals surface area contributed by atoms with Gasteiger partial charge < -0.3 is 19.3 Å². The molecule has 0 aliphatic carbocycles. The van der Waals surface area contributed by atoms with Gasteiger partial charge in [-0.15, -0.1) is 0 Å². The van der Waals surface area contributed by atoms with E-state index in [1.54, 1.807) is 24.4 Å². The molecule has 10 heteroatoms. The van der Waals surface area contributed by atoms with E-state index in [9.17, 15) is 13.6 Å². The van der Waals surface area contributed by atoms with Crippen LogP contribution in [0.3, 0.4) is 0 Å². The zero-order valence-electron chi connectivity index (χ0n) is 14.8. The van der Waals surface area contributed by atoms with Crippen LogP contribution in [0.2, 0.25) is 0 Å². The number of anilines is 1. The van der Waals surface area contributed by atoms with E-state index in [0.717, 1.165) is 0 Å². The Morgan fingerprint density at radius 2 is 2.11 bits per heavy atom. The second-order valence-corrected chi connectivity index (χ2v) is 5.52. The topological polar surface area (TPSA) is 99.4 Å². The Hall–Kier alpha value is -3.56. The molecule has 1 amide bonds. The van der Waals surface area contributed by atoms with Crippen molar-refractivity contribution >= 4 is 11.6 Å². The third-order valence-corrected chi connectivity index (χ3v) is 3.59. The number of alkyl halides is 2. The molecule has 8 nitrogen and oxygen atoms in total. The molecule has 0 saturated carbocycles. The van der Waals surface area contributed by atoms with Gasteiger partial charge in [0, 0.05) is 30.8 Å². The standard InChI is InChI=1S/C18H16F2N4O4/c1-26-13-6-5-11(10-14(13)27-18(19)20)22-15(25)7-8-16-23-17(24-28-16)12-4-2-3-9-21-12/h2-6,9-10,18H,7-8H2,1H3,(H,22,25). The Morgan fingerprint density at radius 1 is 1.25 bits per heavy atom. The van der Waals surface area contributed by atoms with Crippen LogP contribution in [0.1, 0.15) is 12.3 Å². The molecule has 0 radical (unpaired) electrons. The summed E-state index contributed by atoms with van der Waals surface area (Å²) in [6, 6.07) is 9.50. The number of hydrogen-bond donors (Lipinski definition) is 1. The number of pyridine rings is 1. The Balaban J connectivity index is 1.58. The molecule has 3 aromatic rings. The second-order valence-electron chi connectivity index (χ2n) is 5.52. The fraction of sp³-hybridized carbons (Fsp3) is 0.222. The molecule has 0 fully saturated rings. The molecule has 1 N–H and O–H groups in total. The molecule has 1 aromatic carbocycles. The van der Waals surface area contributed by atoms with Gasteiger partial charge in [-0.25, -0.2) is 0 Å². The van der Waals surface area contributed by atoms with E-state index >= 15 is 0 Å². The molecule has 28 heavy (non-hydrogen) atoms. The first kappa shape index (κ1) is 19.2. The summed E-state index contributed by atoms with van der Waals surface area (Å²) in [5.74, 6) is 0.219. The van der Waals surface area contributed by atoms with E-state index in [0.29, 0.717) is 17.2 Å². The molecule has 0 bridgehead atoms. The molecule has 0 atom stereocenters. The first-order valence-electron chi connectivity index (χ1n) is 8.22. The van der Waals surface area contributed by atoms with Crippen molar-refractivity contribution in [1.29, 1.82) is 0 Å². The van der Waals surface area contributed by atoms with Crippen molar-refractivity contribution in [2.24, 2.45) is 0 Å². The van der Waals surface area contributed by atoms with Crippen molar-refractivity contribution in [3.8, 4) is 23.0 Å². The third kappa shape index (κ3) is 5.00. The molecule has 0 aliphatic rings. The highest BCUT2D eigenvalue weighted by Crippen LogP contribution is 2.31.